The van der Waals surface area contributed by atoms with Gasteiger partial charge < -0.3 is 10.2 Å². The Morgan fingerprint density at radius 3 is 2.71 bits per heavy atom. The van der Waals surface area contributed by atoms with Crippen molar-refractivity contribution in [1.82, 2.24) is 0 Å². The molecule has 0 bridgehead atoms. The molecule has 1 unspecified atom stereocenters. The molecular formula is C10H13ClO2S. The topological polar surface area (TPSA) is 40.5 Å². The van der Waals surface area contributed by atoms with E-state index in [1.54, 1.807) is 6.92 Å². The molecule has 1 atom stereocenters. The fourth-order valence-electron chi connectivity index (χ4n) is 1.10. The maximum absolute atomic E-state index is 9.34. The van der Waals surface area contributed by atoms with Gasteiger partial charge in [0, 0.05) is 15.7 Å². The van der Waals surface area contributed by atoms with Crippen LogP contribution in [-0.2, 0) is 0 Å². The van der Waals surface area contributed by atoms with E-state index in [9.17, 15) is 5.11 Å². The van der Waals surface area contributed by atoms with Gasteiger partial charge in [-0.2, -0.15) is 0 Å². The summed E-state index contributed by atoms with van der Waals surface area (Å²) in [5.41, 5.74) is 0.736. The highest BCUT2D eigenvalue weighted by Crippen LogP contribution is 2.28. The van der Waals surface area contributed by atoms with Gasteiger partial charge in [-0.25, -0.2) is 0 Å². The summed E-state index contributed by atoms with van der Waals surface area (Å²) in [5, 5.41) is 18.6. The third-order valence-electron chi connectivity index (χ3n) is 1.78. The summed E-state index contributed by atoms with van der Waals surface area (Å²) in [6.07, 6.45) is -0.542. The Morgan fingerprint density at radius 1 is 1.50 bits per heavy atom. The van der Waals surface area contributed by atoms with Gasteiger partial charge in [0.25, 0.3) is 0 Å². The first kappa shape index (κ1) is 11.9. The summed E-state index contributed by atoms with van der Waals surface area (Å²) in [6.45, 7) is 1.84. The maximum Gasteiger partial charge on any atom is 0.0776 e. The standard InChI is InChI=1S/C10H13ClO2S/c1-7(13)9-3-2-8(6-10(9)11)14-5-4-12/h2-3,6-7,12-13H,4-5H2,1H3. The lowest BCUT2D eigenvalue weighted by Crippen LogP contribution is -1.92. The summed E-state index contributed by atoms with van der Waals surface area (Å²) >= 11 is 7.51. The molecule has 78 valence electrons. The fourth-order valence-corrected chi connectivity index (χ4v) is 2.20. The number of rotatable bonds is 4. The van der Waals surface area contributed by atoms with Gasteiger partial charge >= 0.3 is 0 Å². The molecule has 0 radical (unpaired) electrons. The van der Waals surface area contributed by atoms with E-state index in [-0.39, 0.29) is 6.61 Å². The molecule has 0 aliphatic heterocycles. The lowest BCUT2D eigenvalue weighted by atomic mass is 10.1. The average Bonchev–Trinajstić information content (AvgIpc) is 2.14. The van der Waals surface area contributed by atoms with Crippen molar-refractivity contribution in [3.05, 3.63) is 28.8 Å². The second-order valence-electron chi connectivity index (χ2n) is 2.93. The van der Waals surface area contributed by atoms with Crippen molar-refractivity contribution in [3.63, 3.8) is 0 Å². The summed E-state index contributed by atoms with van der Waals surface area (Å²) < 4.78 is 0. The highest BCUT2D eigenvalue weighted by atomic mass is 35.5. The monoisotopic (exact) mass is 232 g/mol. The van der Waals surface area contributed by atoms with Crippen LogP contribution in [0.3, 0.4) is 0 Å². The number of benzene rings is 1. The van der Waals surface area contributed by atoms with E-state index in [1.807, 2.05) is 18.2 Å². The van der Waals surface area contributed by atoms with Gasteiger partial charge in [-0.05, 0) is 24.6 Å². The van der Waals surface area contributed by atoms with Crippen LogP contribution in [0.1, 0.15) is 18.6 Å². The Kier molecular flexibility index (Phi) is 4.75. The van der Waals surface area contributed by atoms with E-state index in [1.165, 1.54) is 11.8 Å². The van der Waals surface area contributed by atoms with E-state index in [0.29, 0.717) is 10.8 Å². The molecule has 1 aromatic rings. The third kappa shape index (κ3) is 3.17. The minimum Gasteiger partial charge on any atom is -0.396 e. The van der Waals surface area contributed by atoms with Gasteiger partial charge in [-0.1, -0.05) is 17.7 Å². The molecule has 0 aliphatic rings. The lowest BCUT2D eigenvalue weighted by Gasteiger charge is -2.08. The molecule has 2 nitrogen and oxygen atoms in total. The molecule has 1 aromatic carbocycles. The van der Waals surface area contributed by atoms with E-state index >= 15 is 0 Å². The summed E-state index contributed by atoms with van der Waals surface area (Å²) in [6, 6.07) is 5.52. The molecule has 0 saturated carbocycles. The molecule has 0 fully saturated rings. The first-order valence-electron chi connectivity index (χ1n) is 4.36. The highest BCUT2D eigenvalue weighted by Gasteiger charge is 2.06. The summed E-state index contributed by atoms with van der Waals surface area (Å²) in [7, 11) is 0. The Labute approximate surface area is 92.9 Å². The smallest absolute Gasteiger partial charge is 0.0776 e. The van der Waals surface area contributed by atoms with E-state index in [0.717, 1.165) is 10.5 Å². The average molecular weight is 233 g/mol. The molecule has 0 amide bonds. The minimum atomic E-state index is -0.542. The Hall–Kier alpha value is -0.220. The molecule has 14 heavy (non-hydrogen) atoms. The molecule has 0 aliphatic carbocycles. The second-order valence-corrected chi connectivity index (χ2v) is 4.51. The van der Waals surface area contributed by atoms with Gasteiger partial charge in [-0.15, -0.1) is 11.8 Å². The molecule has 0 aromatic heterocycles. The number of hydrogen-bond acceptors (Lipinski definition) is 3. The normalized spacial score (nSPS) is 12.9. The lowest BCUT2D eigenvalue weighted by molar-refractivity contribution is 0.199. The summed E-state index contributed by atoms with van der Waals surface area (Å²) in [4.78, 5) is 1.01. The van der Waals surface area contributed by atoms with Crippen LogP contribution in [0.25, 0.3) is 0 Å². The molecule has 4 heteroatoms. The van der Waals surface area contributed by atoms with Crippen LogP contribution in [0.5, 0.6) is 0 Å². The van der Waals surface area contributed by atoms with Crippen LogP contribution in [0, 0.1) is 0 Å². The fraction of sp³-hybridized carbons (Fsp3) is 0.400. The van der Waals surface area contributed by atoms with Gasteiger partial charge in [0.05, 0.1) is 12.7 Å². The van der Waals surface area contributed by atoms with Crippen molar-refractivity contribution < 1.29 is 10.2 Å². The van der Waals surface area contributed by atoms with E-state index in [2.05, 4.69) is 0 Å². The van der Waals surface area contributed by atoms with Crippen molar-refractivity contribution in [2.24, 2.45) is 0 Å². The summed E-state index contributed by atoms with van der Waals surface area (Å²) in [5.74, 6) is 0.657. The molecular weight excluding hydrogens is 220 g/mol. The largest absolute Gasteiger partial charge is 0.396 e. The first-order valence-corrected chi connectivity index (χ1v) is 5.72. The number of aliphatic hydroxyl groups is 2. The van der Waals surface area contributed by atoms with Crippen molar-refractivity contribution in [2.45, 2.75) is 17.9 Å². The van der Waals surface area contributed by atoms with E-state index in [4.69, 9.17) is 16.7 Å². The third-order valence-corrected chi connectivity index (χ3v) is 3.08. The van der Waals surface area contributed by atoms with Crippen molar-refractivity contribution in [1.29, 1.82) is 0 Å². The highest BCUT2D eigenvalue weighted by molar-refractivity contribution is 7.99. The Balaban J connectivity index is 2.78. The zero-order valence-corrected chi connectivity index (χ0v) is 9.48. The van der Waals surface area contributed by atoms with Crippen molar-refractivity contribution >= 4 is 23.4 Å². The molecule has 1 rings (SSSR count). The predicted octanol–water partition coefficient (Wildman–Crippen LogP) is 2.48. The quantitative estimate of drug-likeness (QED) is 0.784. The Bertz CT molecular complexity index is 302. The molecule has 2 N–H and O–H groups in total. The predicted molar refractivity (Wildman–Crippen MR) is 59.9 cm³/mol. The van der Waals surface area contributed by atoms with Crippen LogP contribution in [0.2, 0.25) is 5.02 Å². The van der Waals surface area contributed by atoms with Gasteiger partial charge in [0.1, 0.15) is 0 Å². The van der Waals surface area contributed by atoms with E-state index < -0.39 is 6.10 Å². The van der Waals surface area contributed by atoms with Gasteiger partial charge in [0.15, 0.2) is 0 Å². The van der Waals surface area contributed by atoms with Crippen molar-refractivity contribution in [2.75, 3.05) is 12.4 Å². The number of aliphatic hydroxyl groups excluding tert-OH is 2. The maximum atomic E-state index is 9.34. The van der Waals surface area contributed by atoms with Crippen LogP contribution in [0.15, 0.2) is 23.1 Å². The molecule has 0 spiro atoms. The van der Waals surface area contributed by atoms with Gasteiger partial charge in [-0.3, -0.25) is 0 Å². The number of thioether (sulfide) groups is 1. The van der Waals surface area contributed by atoms with Crippen LogP contribution >= 0.6 is 23.4 Å². The van der Waals surface area contributed by atoms with Gasteiger partial charge in [0.2, 0.25) is 0 Å². The zero-order chi connectivity index (χ0) is 10.6. The number of halogens is 1. The Morgan fingerprint density at radius 2 is 2.21 bits per heavy atom. The first-order chi connectivity index (χ1) is 6.65. The molecule has 0 saturated heterocycles. The molecule has 0 heterocycles. The second kappa shape index (κ2) is 5.61. The minimum absolute atomic E-state index is 0.153. The number of hydrogen-bond donors (Lipinski definition) is 2. The zero-order valence-electron chi connectivity index (χ0n) is 7.90. The SMILES string of the molecule is CC(O)c1ccc(SCCO)cc1Cl. The van der Waals surface area contributed by atoms with Crippen molar-refractivity contribution in [3.8, 4) is 0 Å². The van der Waals surface area contributed by atoms with Crippen LogP contribution in [-0.4, -0.2) is 22.6 Å². The van der Waals surface area contributed by atoms with Crippen LogP contribution in [0.4, 0.5) is 0 Å². The van der Waals surface area contributed by atoms with Crippen LogP contribution < -0.4 is 0 Å².